The van der Waals surface area contributed by atoms with Crippen molar-refractivity contribution in [1.29, 1.82) is 0 Å². The Morgan fingerprint density at radius 2 is 1.81 bits per heavy atom. The molecule has 0 spiro atoms. The summed E-state index contributed by atoms with van der Waals surface area (Å²) in [6.45, 7) is 5.82. The summed E-state index contributed by atoms with van der Waals surface area (Å²) in [6.07, 6.45) is 1.02. The van der Waals surface area contributed by atoms with Crippen molar-refractivity contribution in [1.82, 2.24) is 4.98 Å². The van der Waals surface area contributed by atoms with E-state index in [4.69, 9.17) is 0 Å². The normalized spacial score (nSPS) is 11.0. The summed E-state index contributed by atoms with van der Waals surface area (Å²) in [4.78, 5) is 15.5. The van der Waals surface area contributed by atoms with E-state index >= 15 is 0 Å². The topological polar surface area (TPSA) is 32.9 Å². The molecule has 1 heterocycles. The molecule has 3 rings (SSSR count). The van der Waals surface area contributed by atoms with Gasteiger partial charge in [0.25, 0.3) is 0 Å². The summed E-state index contributed by atoms with van der Waals surface area (Å²) < 4.78 is 0. The molecule has 3 aromatic rings. The van der Waals surface area contributed by atoms with Crippen LogP contribution in [0.3, 0.4) is 0 Å². The van der Waals surface area contributed by atoms with Crippen LogP contribution < -0.4 is 0 Å². The first-order chi connectivity index (χ1) is 10.1. The Morgan fingerprint density at radius 1 is 1.10 bits per heavy atom. The van der Waals surface area contributed by atoms with Crippen LogP contribution in [0.5, 0.6) is 0 Å². The molecule has 0 saturated carbocycles. The molecular weight excluding hydrogens is 258 g/mol. The van der Waals surface area contributed by atoms with Crippen LogP contribution in [-0.2, 0) is 6.42 Å². The molecule has 0 aliphatic rings. The van der Waals surface area contributed by atoms with Gasteiger partial charge in [-0.05, 0) is 43.5 Å². The number of Topliss-reactive ketones (excluding diaryl/α,β-unsaturated/α-hetero) is 1. The molecule has 0 atom stereocenters. The zero-order valence-corrected chi connectivity index (χ0v) is 12.7. The zero-order valence-electron chi connectivity index (χ0n) is 12.7. The number of nitrogens with one attached hydrogen (secondary N) is 1. The number of rotatable bonds is 3. The number of H-pyrrole nitrogens is 1. The van der Waals surface area contributed by atoms with E-state index in [0.29, 0.717) is 0 Å². The first-order valence-corrected chi connectivity index (χ1v) is 7.32. The van der Waals surface area contributed by atoms with Crippen molar-refractivity contribution in [3.8, 4) is 11.3 Å². The summed E-state index contributed by atoms with van der Waals surface area (Å²) in [5, 5.41) is 1.01. The molecule has 1 aromatic heterocycles. The number of hydrogen-bond acceptors (Lipinski definition) is 1. The van der Waals surface area contributed by atoms with Crippen molar-refractivity contribution < 1.29 is 4.79 Å². The maximum atomic E-state index is 12.1. The third kappa shape index (κ3) is 2.38. The van der Waals surface area contributed by atoms with Crippen LogP contribution in [0.4, 0.5) is 0 Å². The summed E-state index contributed by atoms with van der Waals surface area (Å²) in [7, 11) is 0. The molecule has 0 fully saturated rings. The number of hydrogen-bond donors (Lipinski definition) is 1. The largest absolute Gasteiger partial charge is 0.354 e. The highest BCUT2D eigenvalue weighted by atomic mass is 16.1. The van der Waals surface area contributed by atoms with Crippen molar-refractivity contribution in [2.45, 2.75) is 27.2 Å². The first kappa shape index (κ1) is 13.6. The lowest BCUT2D eigenvalue weighted by Crippen LogP contribution is -1.94. The van der Waals surface area contributed by atoms with Crippen LogP contribution in [0.15, 0.2) is 42.5 Å². The van der Waals surface area contributed by atoms with E-state index in [1.54, 1.807) is 6.92 Å². The number of carbonyl (C=O) groups excluding carboxylic acids is 1. The van der Waals surface area contributed by atoms with Gasteiger partial charge in [0.1, 0.15) is 0 Å². The van der Waals surface area contributed by atoms with E-state index in [2.05, 4.69) is 48.3 Å². The first-order valence-electron chi connectivity index (χ1n) is 7.32. The Labute approximate surface area is 124 Å². The van der Waals surface area contributed by atoms with Gasteiger partial charge in [0.05, 0.1) is 11.3 Å². The fourth-order valence-electron chi connectivity index (χ4n) is 2.80. The predicted octanol–water partition coefficient (Wildman–Crippen LogP) is 4.91. The number of aromatic amines is 1. The van der Waals surface area contributed by atoms with Gasteiger partial charge < -0.3 is 4.98 Å². The maximum absolute atomic E-state index is 12.1. The molecule has 0 unspecified atom stereocenters. The Bertz CT molecular complexity index is 809. The minimum Gasteiger partial charge on any atom is -0.354 e. The van der Waals surface area contributed by atoms with E-state index in [1.807, 2.05) is 13.0 Å². The number of ketones is 1. The van der Waals surface area contributed by atoms with Gasteiger partial charge in [-0.15, -0.1) is 0 Å². The third-order valence-corrected chi connectivity index (χ3v) is 3.96. The molecule has 21 heavy (non-hydrogen) atoms. The number of carbonyl (C=O) groups is 1. The van der Waals surface area contributed by atoms with Gasteiger partial charge in [-0.1, -0.05) is 42.8 Å². The van der Waals surface area contributed by atoms with E-state index in [-0.39, 0.29) is 5.78 Å². The fourth-order valence-corrected chi connectivity index (χ4v) is 2.80. The van der Waals surface area contributed by atoms with Crippen LogP contribution >= 0.6 is 0 Å². The number of benzene rings is 2. The Kier molecular flexibility index (Phi) is 3.38. The summed E-state index contributed by atoms with van der Waals surface area (Å²) in [5.74, 6) is 0.0985. The minimum atomic E-state index is 0.0985. The van der Waals surface area contributed by atoms with Crippen LogP contribution in [0.25, 0.3) is 22.2 Å². The quantitative estimate of drug-likeness (QED) is 0.678. The van der Waals surface area contributed by atoms with Crippen LogP contribution in [-0.4, -0.2) is 10.8 Å². The van der Waals surface area contributed by atoms with E-state index in [0.717, 1.165) is 39.7 Å². The predicted molar refractivity (Wildman–Crippen MR) is 87.9 cm³/mol. The molecular formula is C19H19NO. The summed E-state index contributed by atoms with van der Waals surface area (Å²) >= 11 is 0. The standard InChI is InChI=1S/C19H19NO/c1-4-14-6-8-15(9-7-14)19-18(13(3)21)16-11-12(2)5-10-17(16)20-19/h5-11,20H,4H2,1-3H3. The molecule has 106 valence electrons. The average molecular weight is 277 g/mol. The molecule has 0 saturated heterocycles. The number of fused-ring (bicyclic) bond motifs is 1. The number of aryl methyl sites for hydroxylation is 2. The van der Waals surface area contributed by atoms with E-state index in [1.165, 1.54) is 5.56 Å². The molecule has 1 N–H and O–H groups in total. The van der Waals surface area contributed by atoms with Crippen LogP contribution in [0.2, 0.25) is 0 Å². The Hall–Kier alpha value is -2.35. The molecule has 0 radical (unpaired) electrons. The molecule has 0 amide bonds. The van der Waals surface area contributed by atoms with Gasteiger partial charge in [0, 0.05) is 10.9 Å². The second-order valence-corrected chi connectivity index (χ2v) is 5.53. The van der Waals surface area contributed by atoms with Crippen molar-refractivity contribution >= 4 is 16.7 Å². The molecule has 2 heteroatoms. The van der Waals surface area contributed by atoms with Crippen LogP contribution in [0.1, 0.15) is 35.3 Å². The van der Waals surface area contributed by atoms with Gasteiger partial charge in [-0.3, -0.25) is 4.79 Å². The highest BCUT2D eigenvalue weighted by molar-refractivity contribution is 6.12. The molecule has 0 aliphatic carbocycles. The highest BCUT2D eigenvalue weighted by Gasteiger charge is 2.16. The maximum Gasteiger partial charge on any atom is 0.162 e. The van der Waals surface area contributed by atoms with Gasteiger partial charge in [0.2, 0.25) is 0 Å². The molecule has 2 nitrogen and oxygen atoms in total. The smallest absolute Gasteiger partial charge is 0.162 e. The van der Waals surface area contributed by atoms with Gasteiger partial charge in [0.15, 0.2) is 5.78 Å². The Balaban J connectivity index is 2.25. The Morgan fingerprint density at radius 3 is 2.43 bits per heavy atom. The summed E-state index contributed by atoms with van der Waals surface area (Å²) in [5.41, 5.74) is 6.25. The lowest BCUT2D eigenvalue weighted by molar-refractivity contribution is 0.102. The van der Waals surface area contributed by atoms with Gasteiger partial charge >= 0.3 is 0 Å². The average Bonchev–Trinajstić information content (AvgIpc) is 2.86. The van der Waals surface area contributed by atoms with Crippen molar-refractivity contribution in [3.63, 3.8) is 0 Å². The van der Waals surface area contributed by atoms with Gasteiger partial charge in [-0.2, -0.15) is 0 Å². The molecule has 0 aliphatic heterocycles. The monoisotopic (exact) mass is 277 g/mol. The lowest BCUT2D eigenvalue weighted by Gasteiger charge is -2.03. The highest BCUT2D eigenvalue weighted by Crippen LogP contribution is 2.31. The van der Waals surface area contributed by atoms with Crippen molar-refractivity contribution in [3.05, 3.63) is 59.2 Å². The number of aromatic nitrogens is 1. The molecule has 0 bridgehead atoms. The van der Waals surface area contributed by atoms with Gasteiger partial charge in [-0.25, -0.2) is 0 Å². The second-order valence-electron chi connectivity index (χ2n) is 5.53. The lowest BCUT2D eigenvalue weighted by atomic mass is 10.0. The fraction of sp³-hybridized carbons (Fsp3) is 0.211. The minimum absolute atomic E-state index is 0.0985. The van der Waals surface area contributed by atoms with Crippen molar-refractivity contribution in [2.75, 3.05) is 0 Å². The zero-order chi connectivity index (χ0) is 15.0. The van der Waals surface area contributed by atoms with E-state index in [9.17, 15) is 4.79 Å². The SMILES string of the molecule is CCc1ccc(-c2[nH]c3ccc(C)cc3c2C(C)=O)cc1. The molecule has 2 aromatic carbocycles. The van der Waals surface area contributed by atoms with Crippen molar-refractivity contribution in [2.24, 2.45) is 0 Å². The van der Waals surface area contributed by atoms with E-state index < -0.39 is 0 Å². The van der Waals surface area contributed by atoms with Crippen LogP contribution in [0, 0.1) is 6.92 Å². The second kappa shape index (κ2) is 5.21. The summed E-state index contributed by atoms with van der Waals surface area (Å²) in [6, 6.07) is 14.6. The third-order valence-electron chi connectivity index (χ3n) is 3.96.